The summed E-state index contributed by atoms with van der Waals surface area (Å²) >= 11 is 0. The van der Waals surface area contributed by atoms with E-state index in [1.54, 1.807) is 12.1 Å². The number of aryl methyl sites for hydroxylation is 1. The zero-order chi connectivity index (χ0) is 13.1. The molecule has 1 heterocycles. The van der Waals surface area contributed by atoms with Crippen LogP contribution in [0.4, 0.5) is 0 Å². The average molecular weight is 253 g/mol. The molecule has 0 aliphatic carbocycles. The molecule has 1 rings (SSSR count). The smallest absolute Gasteiger partial charge is 0.230 e. The zero-order valence-corrected chi connectivity index (χ0v) is 10.9. The van der Waals surface area contributed by atoms with Gasteiger partial charge in [0.25, 0.3) is 0 Å². The third-order valence-electron chi connectivity index (χ3n) is 2.39. The number of aromatic nitrogens is 1. The largest absolute Gasteiger partial charge is 0.257 e. The first-order valence-corrected chi connectivity index (χ1v) is 6.65. The van der Waals surface area contributed by atoms with Crippen LogP contribution in [0.2, 0.25) is 0 Å². The van der Waals surface area contributed by atoms with Crippen LogP contribution in [0.5, 0.6) is 0 Å². The molecule has 6 heteroatoms. The molecule has 0 radical (unpaired) electrons. The normalized spacial score (nSPS) is 13.4. The Morgan fingerprint density at radius 3 is 2.71 bits per heavy atom. The lowest BCUT2D eigenvalue weighted by Gasteiger charge is -2.18. The van der Waals surface area contributed by atoms with Crippen molar-refractivity contribution in [2.24, 2.45) is 0 Å². The highest BCUT2D eigenvalue weighted by atomic mass is 32.2. The van der Waals surface area contributed by atoms with Gasteiger partial charge in [-0.25, -0.2) is 8.42 Å². The molecular formula is C11H15N3O2S. The van der Waals surface area contributed by atoms with Gasteiger partial charge in [-0.2, -0.15) is 9.57 Å². The van der Waals surface area contributed by atoms with E-state index < -0.39 is 15.3 Å². The van der Waals surface area contributed by atoms with Crippen LogP contribution < -0.4 is 0 Å². The fraction of sp³-hybridized carbons (Fsp3) is 0.455. The average Bonchev–Trinajstić information content (AvgIpc) is 2.27. The van der Waals surface area contributed by atoms with Gasteiger partial charge in [-0.05, 0) is 26.0 Å². The number of sulfonamides is 1. The Kier molecular flexibility index (Phi) is 4.21. The van der Waals surface area contributed by atoms with Gasteiger partial charge in [0.05, 0.1) is 18.3 Å². The molecule has 1 aromatic heterocycles. The lowest BCUT2D eigenvalue weighted by atomic mass is 10.3. The number of hydrogen-bond acceptors (Lipinski definition) is 4. The zero-order valence-electron chi connectivity index (χ0n) is 10.1. The number of rotatable bonds is 4. The van der Waals surface area contributed by atoms with E-state index in [1.807, 2.05) is 19.1 Å². The molecule has 17 heavy (non-hydrogen) atoms. The van der Waals surface area contributed by atoms with Gasteiger partial charge in [0.1, 0.15) is 0 Å². The predicted octanol–water partition coefficient (Wildman–Crippen LogP) is 1.06. The summed E-state index contributed by atoms with van der Waals surface area (Å²) in [6.45, 7) is 3.39. The van der Waals surface area contributed by atoms with Gasteiger partial charge in [0, 0.05) is 12.7 Å². The molecule has 0 aliphatic heterocycles. The third kappa shape index (κ3) is 3.25. The van der Waals surface area contributed by atoms with Gasteiger partial charge in [-0.3, -0.25) is 4.98 Å². The summed E-state index contributed by atoms with van der Waals surface area (Å²) in [4.78, 5) is 4.22. The summed E-state index contributed by atoms with van der Waals surface area (Å²) in [5.41, 5.74) is 1.50. The lowest BCUT2D eigenvalue weighted by Crippen LogP contribution is -2.33. The maximum absolute atomic E-state index is 11.8. The maximum Gasteiger partial charge on any atom is 0.230 e. The molecule has 92 valence electrons. The molecule has 1 unspecified atom stereocenters. The Balaban J connectivity index is 2.87. The summed E-state index contributed by atoms with van der Waals surface area (Å²) in [6, 6.07) is 7.16. The van der Waals surface area contributed by atoms with E-state index in [2.05, 4.69) is 4.98 Å². The van der Waals surface area contributed by atoms with Crippen molar-refractivity contribution in [1.29, 1.82) is 5.26 Å². The summed E-state index contributed by atoms with van der Waals surface area (Å²) in [5, 5.41) is 7.61. The number of nitriles is 1. The van der Waals surface area contributed by atoms with E-state index in [9.17, 15) is 8.42 Å². The quantitative estimate of drug-likeness (QED) is 0.804. The van der Waals surface area contributed by atoms with E-state index >= 15 is 0 Å². The molecular weight excluding hydrogens is 238 g/mol. The van der Waals surface area contributed by atoms with Crippen molar-refractivity contribution in [2.75, 3.05) is 7.05 Å². The molecule has 0 fully saturated rings. The molecule has 0 N–H and O–H groups in total. The number of pyridine rings is 1. The second-order valence-electron chi connectivity index (χ2n) is 3.84. The maximum atomic E-state index is 11.8. The standard InChI is InChI=1S/C11H15N3O2S/c1-9-5-4-6-11(13-9)8-14(3)17(15,16)10(2)7-12/h4-6,10H,8H2,1-3H3. The molecule has 0 saturated carbocycles. The van der Waals surface area contributed by atoms with Crippen LogP contribution in [-0.2, 0) is 16.6 Å². The Labute approximate surface area is 102 Å². The van der Waals surface area contributed by atoms with Crippen LogP contribution in [0.25, 0.3) is 0 Å². The van der Waals surface area contributed by atoms with Crippen molar-refractivity contribution >= 4 is 10.0 Å². The highest BCUT2D eigenvalue weighted by Gasteiger charge is 2.25. The third-order valence-corrected chi connectivity index (χ3v) is 4.39. The molecule has 0 aliphatic rings. The van der Waals surface area contributed by atoms with E-state index in [-0.39, 0.29) is 6.54 Å². The summed E-state index contributed by atoms with van der Waals surface area (Å²) in [5.74, 6) is 0. The topological polar surface area (TPSA) is 74.1 Å². The van der Waals surface area contributed by atoms with Crippen LogP contribution in [0.1, 0.15) is 18.3 Å². The fourth-order valence-electron chi connectivity index (χ4n) is 1.34. The van der Waals surface area contributed by atoms with Crippen molar-refractivity contribution in [1.82, 2.24) is 9.29 Å². The molecule has 0 spiro atoms. The summed E-state index contributed by atoms with van der Waals surface area (Å²) in [7, 11) is -2.12. The van der Waals surface area contributed by atoms with Gasteiger partial charge in [-0.1, -0.05) is 6.07 Å². The minimum absolute atomic E-state index is 0.177. The predicted molar refractivity (Wildman–Crippen MR) is 64.4 cm³/mol. The summed E-state index contributed by atoms with van der Waals surface area (Å²) < 4.78 is 24.8. The fourth-order valence-corrected chi connectivity index (χ4v) is 2.33. The molecule has 5 nitrogen and oxygen atoms in total. The van der Waals surface area contributed by atoms with Gasteiger partial charge in [-0.15, -0.1) is 0 Å². The second kappa shape index (κ2) is 5.25. The Morgan fingerprint density at radius 1 is 1.53 bits per heavy atom. The second-order valence-corrected chi connectivity index (χ2v) is 6.20. The Bertz CT molecular complexity index is 534. The molecule has 1 aromatic rings. The van der Waals surface area contributed by atoms with Gasteiger partial charge < -0.3 is 0 Å². The minimum Gasteiger partial charge on any atom is -0.257 e. The van der Waals surface area contributed by atoms with Crippen molar-refractivity contribution < 1.29 is 8.42 Å². The summed E-state index contributed by atoms with van der Waals surface area (Å²) in [6.07, 6.45) is 0. The highest BCUT2D eigenvalue weighted by molar-refractivity contribution is 7.89. The number of hydrogen-bond donors (Lipinski definition) is 0. The van der Waals surface area contributed by atoms with Crippen LogP contribution in [-0.4, -0.2) is 30.0 Å². The monoisotopic (exact) mass is 253 g/mol. The first kappa shape index (κ1) is 13.6. The Hall–Kier alpha value is -1.45. The molecule has 0 amide bonds. The van der Waals surface area contributed by atoms with E-state index in [4.69, 9.17) is 5.26 Å². The highest BCUT2D eigenvalue weighted by Crippen LogP contribution is 2.10. The molecule has 0 aromatic carbocycles. The first-order chi connectivity index (χ1) is 7.87. The SMILES string of the molecule is Cc1cccc(CN(C)S(=O)(=O)C(C)C#N)n1. The molecule has 0 saturated heterocycles. The Morgan fingerprint density at radius 2 is 2.18 bits per heavy atom. The lowest BCUT2D eigenvalue weighted by molar-refractivity contribution is 0.458. The van der Waals surface area contributed by atoms with Crippen molar-refractivity contribution in [3.63, 3.8) is 0 Å². The first-order valence-electron chi connectivity index (χ1n) is 5.15. The van der Waals surface area contributed by atoms with Crippen LogP contribution in [0.15, 0.2) is 18.2 Å². The van der Waals surface area contributed by atoms with Gasteiger partial charge >= 0.3 is 0 Å². The van der Waals surface area contributed by atoms with Crippen molar-refractivity contribution in [3.8, 4) is 6.07 Å². The van der Waals surface area contributed by atoms with E-state index in [0.29, 0.717) is 5.69 Å². The van der Waals surface area contributed by atoms with Crippen LogP contribution in [0.3, 0.4) is 0 Å². The number of nitrogens with zero attached hydrogens (tertiary/aromatic N) is 3. The minimum atomic E-state index is -3.57. The van der Waals surface area contributed by atoms with E-state index in [1.165, 1.54) is 14.0 Å². The molecule has 1 atom stereocenters. The van der Waals surface area contributed by atoms with Gasteiger partial charge in [0.2, 0.25) is 10.0 Å². The van der Waals surface area contributed by atoms with Gasteiger partial charge in [0.15, 0.2) is 5.25 Å². The van der Waals surface area contributed by atoms with Crippen LogP contribution >= 0.6 is 0 Å². The molecule has 0 bridgehead atoms. The van der Waals surface area contributed by atoms with Crippen molar-refractivity contribution in [3.05, 3.63) is 29.6 Å². The van der Waals surface area contributed by atoms with Crippen molar-refractivity contribution in [2.45, 2.75) is 25.6 Å². The van der Waals surface area contributed by atoms with Crippen LogP contribution in [0, 0.1) is 18.3 Å². The van der Waals surface area contributed by atoms with E-state index in [0.717, 1.165) is 10.00 Å².